The summed E-state index contributed by atoms with van der Waals surface area (Å²) < 4.78 is 0. The van der Waals surface area contributed by atoms with Crippen molar-refractivity contribution in [3.8, 4) is 10.6 Å². The van der Waals surface area contributed by atoms with Gasteiger partial charge in [-0.2, -0.15) is 0 Å². The van der Waals surface area contributed by atoms with Crippen molar-refractivity contribution in [2.75, 3.05) is 0 Å². The molecule has 8 heteroatoms. The fourth-order valence-electron chi connectivity index (χ4n) is 3.95. The maximum atomic E-state index is 13.8. The molecule has 3 aromatic heterocycles. The summed E-state index contributed by atoms with van der Waals surface area (Å²) in [5.41, 5.74) is 2.28. The van der Waals surface area contributed by atoms with Crippen molar-refractivity contribution in [1.82, 2.24) is 14.9 Å². The Morgan fingerprint density at radius 2 is 1.85 bits per heavy atom. The van der Waals surface area contributed by atoms with Crippen LogP contribution in [-0.2, 0) is 11.3 Å². The smallest absolute Gasteiger partial charge is 0.290 e. The van der Waals surface area contributed by atoms with E-state index >= 15 is 0 Å². The molecular weight excluding hydrogens is 454 g/mol. The molecule has 6 nitrogen and oxygen atoms in total. The van der Waals surface area contributed by atoms with Gasteiger partial charge < -0.3 is 10.0 Å². The summed E-state index contributed by atoms with van der Waals surface area (Å²) in [5.74, 6) is -1.44. The summed E-state index contributed by atoms with van der Waals surface area (Å²) in [7, 11) is 0. The van der Waals surface area contributed by atoms with Gasteiger partial charge in [-0.25, -0.2) is 4.98 Å². The molecule has 0 saturated heterocycles. The van der Waals surface area contributed by atoms with Crippen LogP contribution >= 0.6 is 22.7 Å². The highest BCUT2D eigenvalue weighted by atomic mass is 32.1. The van der Waals surface area contributed by atoms with Crippen molar-refractivity contribution in [2.24, 2.45) is 0 Å². The Morgan fingerprint density at radius 3 is 2.55 bits per heavy atom. The first kappa shape index (κ1) is 21.2. The van der Waals surface area contributed by atoms with E-state index in [1.54, 1.807) is 31.5 Å². The minimum absolute atomic E-state index is 0.0779. The lowest BCUT2D eigenvalue weighted by molar-refractivity contribution is -0.130. The Balaban J connectivity index is 1.57. The largest absolute Gasteiger partial charge is 0.503 e. The zero-order chi connectivity index (χ0) is 22.9. The number of rotatable bonds is 6. The quantitative estimate of drug-likeness (QED) is 0.382. The Bertz CT molecular complexity index is 1350. The third-order valence-electron chi connectivity index (χ3n) is 5.50. The van der Waals surface area contributed by atoms with Crippen molar-refractivity contribution in [2.45, 2.75) is 19.5 Å². The minimum atomic E-state index is -0.711. The molecule has 1 aliphatic rings. The van der Waals surface area contributed by atoms with Crippen LogP contribution in [0.5, 0.6) is 0 Å². The summed E-state index contributed by atoms with van der Waals surface area (Å²) in [5, 5.41) is 13.5. The molecule has 33 heavy (non-hydrogen) atoms. The maximum absolute atomic E-state index is 13.8. The predicted octanol–water partition coefficient (Wildman–Crippen LogP) is 5.35. The molecule has 4 heterocycles. The zero-order valence-corrected chi connectivity index (χ0v) is 19.3. The van der Waals surface area contributed by atoms with Gasteiger partial charge in [-0.15, -0.1) is 22.7 Å². The van der Waals surface area contributed by atoms with Crippen molar-refractivity contribution in [3.05, 3.63) is 105 Å². The van der Waals surface area contributed by atoms with Gasteiger partial charge in [0.2, 0.25) is 5.78 Å². The second kappa shape index (κ2) is 8.73. The van der Waals surface area contributed by atoms with Crippen LogP contribution in [0.15, 0.2) is 83.7 Å². The maximum Gasteiger partial charge on any atom is 0.290 e. The molecule has 1 unspecified atom stereocenters. The van der Waals surface area contributed by atoms with Crippen molar-refractivity contribution in [3.63, 3.8) is 0 Å². The highest BCUT2D eigenvalue weighted by molar-refractivity contribution is 7.17. The van der Waals surface area contributed by atoms with Gasteiger partial charge in [-0.3, -0.25) is 14.6 Å². The SMILES string of the molecule is Cc1nc(-c2ccccc2)sc1C(=O)C1=C(O)C(=O)N(Cc2cccs2)C1c1ccncc1. The third-order valence-corrected chi connectivity index (χ3v) is 7.57. The molecule has 0 fully saturated rings. The van der Waals surface area contributed by atoms with Crippen LogP contribution in [0.2, 0.25) is 0 Å². The average Bonchev–Trinajstić information content (AvgIpc) is 3.55. The Kier molecular flexibility index (Phi) is 5.62. The second-order valence-corrected chi connectivity index (χ2v) is 9.62. The molecule has 0 spiro atoms. The number of benzene rings is 1. The molecular formula is C25H19N3O3S2. The van der Waals surface area contributed by atoms with Gasteiger partial charge >= 0.3 is 0 Å². The number of carbonyl (C=O) groups is 2. The number of thiazole rings is 1. The molecule has 0 radical (unpaired) electrons. The number of Topliss-reactive ketones (excluding diaryl/α,β-unsaturated/α-hetero) is 1. The van der Waals surface area contributed by atoms with E-state index in [9.17, 15) is 14.7 Å². The lowest BCUT2D eigenvalue weighted by Gasteiger charge is -2.26. The highest BCUT2D eigenvalue weighted by Gasteiger charge is 2.44. The van der Waals surface area contributed by atoms with E-state index in [-0.39, 0.29) is 11.4 Å². The normalized spacial score (nSPS) is 16.0. The second-order valence-electron chi connectivity index (χ2n) is 7.59. The van der Waals surface area contributed by atoms with Gasteiger partial charge in [0.1, 0.15) is 5.01 Å². The standard InChI is InChI=1S/C25H19N3O3S2/c1-15-23(33-24(27-15)17-6-3-2-4-7-17)21(29)19-20(16-9-11-26-12-10-16)28(25(31)22(19)30)14-18-8-5-13-32-18/h2-13,20,30H,14H2,1H3. The first-order chi connectivity index (χ1) is 16.0. The molecule has 0 bridgehead atoms. The van der Waals surface area contributed by atoms with Crippen LogP contribution in [0.25, 0.3) is 10.6 Å². The van der Waals surface area contributed by atoms with Crippen LogP contribution in [-0.4, -0.2) is 31.7 Å². The van der Waals surface area contributed by atoms with Crippen molar-refractivity contribution >= 4 is 34.4 Å². The number of aliphatic hydroxyl groups is 1. The first-order valence-electron chi connectivity index (χ1n) is 10.3. The molecule has 1 N–H and O–H groups in total. The van der Waals surface area contributed by atoms with Crippen LogP contribution < -0.4 is 0 Å². The molecule has 4 aromatic rings. The van der Waals surface area contributed by atoms with Crippen LogP contribution in [0.4, 0.5) is 0 Å². The van der Waals surface area contributed by atoms with Gasteiger partial charge in [0.05, 0.1) is 28.7 Å². The van der Waals surface area contributed by atoms with Crippen LogP contribution in [0.1, 0.15) is 31.8 Å². The third kappa shape index (κ3) is 3.88. The molecule has 5 rings (SSSR count). The summed E-state index contributed by atoms with van der Waals surface area (Å²) >= 11 is 2.79. The number of pyridine rings is 1. The Hall–Kier alpha value is -3.62. The van der Waals surface area contributed by atoms with Gasteiger partial charge in [0, 0.05) is 22.8 Å². The summed E-state index contributed by atoms with van der Waals surface area (Å²) in [6, 6.07) is 16.3. The van der Waals surface area contributed by atoms with Crippen LogP contribution in [0.3, 0.4) is 0 Å². The first-order valence-corrected chi connectivity index (χ1v) is 12.0. The molecule has 1 atom stereocenters. The fraction of sp³-hybridized carbons (Fsp3) is 0.120. The summed E-state index contributed by atoms with van der Waals surface area (Å²) in [6.45, 7) is 2.07. The Labute approximate surface area is 198 Å². The van der Waals surface area contributed by atoms with Crippen molar-refractivity contribution < 1.29 is 14.7 Å². The monoisotopic (exact) mass is 473 g/mol. The molecule has 0 saturated carbocycles. The van der Waals surface area contributed by atoms with E-state index in [0.717, 1.165) is 15.4 Å². The van der Waals surface area contributed by atoms with Gasteiger partial charge in [0.25, 0.3) is 5.91 Å². The lowest BCUT2D eigenvalue weighted by atomic mass is 9.96. The van der Waals surface area contributed by atoms with E-state index in [4.69, 9.17) is 0 Å². The number of amides is 1. The number of carbonyl (C=O) groups excluding carboxylic acids is 2. The zero-order valence-electron chi connectivity index (χ0n) is 17.6. The van der Waals surface area contributed by atoms with Gasteiger partial charge in [-0.1, -0.05) is 36.4 Å². The molecule has 0 aliphatic carbocycles. The number of ketones is 1. The molecule has 1 amide bonds. The average molecular weight is 474 g/mol. The fourth-order valence-corrected chi connectivity index (χ4v) is 5.67. The van der Waals surface area contributed by atoms with E-state index in [2.05, 4.69) is 9.97 Å². The highest BCUT2D eigenvalue weighted by Crippen LogP contribution is 2.41. The van der Waals surface area contributed by atoms with Gasteiger partial charge in [-0.05, 0) is 36.1 Å². The summed E-state index contributed by atoms with van der Waals surface area (Å²) in [6.07, 6.45) is 3.23. The number of aliphatic hydroxyl groups excluding tert-OH is 1. The van der Waals surface area contributed by atoms with E-state index in [1.807, 2.05) is 47.8 Å². The number of hydrogen-bond donors (Lipinski definition) is 1. The van der Waals surface area contributed by atoms with E-state index in [1.165, 1.54) is 27.6 Å². The number of aryl methyl sites for hydroxylation is 1. The predicted molar refractivity (Wildman–Crippen MR) is 128 cm³/mol. The van der Waals surface area contributed by atoms with E-state index < -0.39 is 17.7 Å². The minimum Gasteiger partial charge on any atom is -0.503 e. The number of nitrogens with zero attached hydrogens (tertiary/aromatic N) is 3. The topological polar surface area (TPSA) is 83.4 Å². The van der Waals surface area contributed by atoms with E-state index in [0.29, 0.717) is 22.7 Å². The van der Waals surface area contributed by atoms with Gasteiger partial charge in [0.15, 0.2) is 5.76 Å². The number of thiophene rings is 1. The van der Waals surface area contributed by atoms with Crippen LogP contribution in [0, 0.1) is 6.92 Å². The molecule has 164 valence electrons. The lowest BCUT2D eigenvalue weighted by Crippen LogP contribution is -2.30. The van der Waals surface area contributed by atoms with Crippen molar-refractivity contribution in [1.29, 1.82) is 0 Å². The number of aromatic nitrogens is 2. The Morgan fingerprint density at radius 1 is 1.09 bits per heavy atom. The molecule has 1 aromatic carbocycles. The number of hydrogen-bond acceptors (Lipinski definition) is 7. The summed E-state index contributed by atoms with van der Waals surface area (Å²) in [4.78, 5) is 38.4. The molecule has 1 aliphatic heterocycles.